The van der Waals surface area contributed by atoms with Crippen molar-refractivity contribution in [2.75, 3.05) is 0 Å². The van der Waals surface area contributed by atoms with Gasteiger partial charge in [-0.25, -0.2) is 12.8 Å². The largest absolute Gasteiger partial charge is 0.351 e. The zero-order valence-electron chi connectivity index (χ0n) is 14.9. The molecule has 5 nitrogen and oxygen atoms in total. The zero-order chi connectivity index (χ0) is 20.1. The SMILES string of the molecule is CC(C)(C(=O)NCc1ccc(F)cc1)c1cccc(S(=O)(=O)C=CC#N)c1. The van der Waals surface area contributed by atoms with Crippen LogP contribution in [0.3, 0.4) is 0 Å². The van der Waals surface area contributed by atoms with Crippen molar-refractivity contribution in [3.05, 3.63) is 77.0 Å². The van der Waals surface area contributed by atoms with Gasteiger partial charge in [-0.3, -0.25) is 4.79 Å². The van der Waals surface area contributed by atoms with Gasteiger partial charge < -0.3 is 5.32 Å². The second-order valence-corrected chi connectivity index (χ2v) is 8.27. The average molecular weight is 386 g/mol. The van der Waals surface area contributed by atoms with Crippen LogP contribution in [0.5, 0.6) is 0 Å². The van der Waals surface area contributed by atoms with Crippen molar-refractivity contribution in [2.45, 2.75) is 30.7 Å². The van der Waals surface area contributed by atoms with Crippen LogP contribution in [0.15, 0.2) is 64.9 Å². The summed E-state index contributed by atoms with van der Waals surface area (Å²) < 4.78 is 37.4. The van der Waals surface area contributed by atoms with Crippen LogP contribution in [0, 0.1) is 17.1 Å². The van der Waals surface area contributed by atoms with Gasteiger partial charge in [0, 0.05) is 18.0 Å². The number of nitrogens with one attached hydrogen (secondary N) is 1. The second kappa shape index (κ2) is 8.14. The first kappa shape index (κ1) is 20.3. The maximum absolute atomic E-state index is 12.9. The van der Waals surface area contributed by atoms with Crippen molar-refractivity contribution in [1.29, 1.82) is 5.26 Å². The summed E-state index contributed by atoms with van der Waals surface area (Å²) in [7, 11) is -3.76. The maximum Gasteiger partial charge on any atom is 0.230 e. The van der Waals surface area contributed by atoms with Crippen LogP contribution < -0.4 is 5.32 Å². The molecular formula is C20H19FN2O3S. The van der Waals surface area contributed by atoms with E-state index >= 15 is 0 Å². The predicted molar refractivity (Wildman–Crippen MR) is 99.7 cm³/mol. The molecule has 2 aromatic carbocycles. The summed E-state index contributed by atoms with van der Waals surface area (Å²) in [6, 6.07) is 13.5. The molecule has 0 unspecified atom stereocenters. The fourth-order valence-electron chi connectivity index (χ4n) is 2.40. The van der Waals surface area contributed by atoms with E-state index in [2.05, 4.69) is 5.32 Å². The number of carbonyl (C=O) groups is 1. The van der Waals surface area contributed by atoms with E-state index in [1.165, 1.54) is 24.3 Å². The molecule has 0 radical (unpaired) electrons. The van der Waals surface area contributed by atoms with Crippen molar-refractivity contribution in [3.63, 3.8) is 0 Å². The molecule has 0 aliphatic heterocycles. The third kappa shape index (κ3) is 5.02. The number of rotatable bonds is 6. The van der Waals surface area contributed by atoms with E-state index in [4.69, 9.17) is 5.26 Å². The van der Waals surface area contributed by atoms with Gasteiger partial charge in [-0.2, -0.15) is 5.26 Å². The topological polar surface area (TPSA) is 87.0 Å². The second-order valence-electron chi connectivity index (χ2n) is 6.44. The minimum atomic E-state index is -3.76. The van der Waals surface area contributed by atoms with Crippen molar-refractivity contribution in [1.82, 2.24) is 5.32 Å². The van der Waals surface area contributed by atoms with Gasteiger partial charge in [-0.15, -0.1) is 0 Å². The molecule has 2 rings (SSSR count). The Bertz CT molecular complexity index is 1000. The van der Waals surface area contributed by atoms with E-state index in [0.29, 0.717) is 5.56 Å². The molecule has 1 amide bonds. The highest BCUT2D eigenvalue weighted by atomic mass is 32.2. The van der Waals surface area contributed by atoms with Gasteiger partial charge in [0.2, 0.25) is 15.7 Å². The van der Waals surface area contributed by atoms with Crippen molar-refractivity contribution in [2.24, 2.45) is 0 Å². The number of benzene rings is 2. The lowest BCUT2D eigenvalue weighted by Gasteiger charge is -2.24. The maximum atomic E-state index is 12.9. The normalized spacial score (nSPS) is 11.9. The Morgan fingerprint density at radius 2 is 1.89 bits per heavy atom. The van der Waals surface area contributed by atoms with Crippen LogP contribution in [-0.4, -0.2) is 14.3 Å². The summed E-state index contributed by atoms with van der Waals surface area (Å²) in [5.74, 6) is -0.650. The van der Waals surface area contributed by atoms with Gasteiger partial charge in [0.15, 0.2) is 0 Å². The van der Waals surface area contributed by atoms with Crippen LogP contribution in [0.1, 0.15) is 25.0 Å². The standard InChI is InChI=1S/C20H19FN2O3S/c1-20(2,19(24)23-14-15-7-9-17(21)10-8-15)16-5-3-6-18(13-16)27(25,26)12-4-11-22/h3-10,12-13H,14H2,1-2H3,(H,23,24). The van der Waals surface area contributed by atoms with E-state index in [9.17, 15) is 17.6 Å². The van der Waals surface area contributed by atoms with Gasteiger partial charge in [0.1, 0.15) is 5.82 Å². The number of allylic oxidation sites excluding steroid dienone is 1. The van der Waals surface area contributed by atoms with Gasteiger partial charge >= 0.3 is 0 Å². The van der Waals surface area contributed by atoms with Crippen molar-refractivity contribution >= 4 is 15.7 Å². The Labute approximate surface area is 158 Å². The van der Waals surface area contributed by atoms with Gasteiger partial charge in [0.25, 0.3) is 0 Å². The van der Waals surface area contributed by atoms with Gasteiger partial charge in [0.05, 0.1) is 16.4 Å². The molecule has 0 atom stereocenters. The number of sulfone groups is 1. The van der Waals surface area contributed by atoms with Gasteiger partial charge in [-0.05, 0) is 49.2 Å². The summed E-state index contributed by atoms with van der Waals surface area (Å²) in [6.07, 6.45) is 0.891. The molecule has 0 aliphatic rings. The van der Waals surface area contributed by atoms with Crippen LogP contribution >= 0.6 is 0 Å². The van der Waals surface area contributed by atoms with Crippen molar-refractivity contribution in [3.8, 4) is 6.07 Å². The third-order valence-corrected chi connectivity index (χ3v) is 5.55. The Morgan fingerprint density at radius 1 is 1.22 bits per heavy atom. The minimum absolute atomic E-state index is 0.00547. The molecule has 0 spiro atoms. The first-order valence-corrected chi connectivity index (χ1v) is 9.66. The molecule has 0 fully saturated rings. The van der Waals surface area contributed by atoms with E-state index < -0.39 is 15.3 Å². The smallest absolute Gasteiger partial charge is 0.230 e. The average Bonchev–Trinajstić information content (AvgIpc) is 2.65. The van der Waals surface area contributed by atoms with Crippen LogP contribution in [0.2, 0.25) is 0 Å². The first-order valence-electron chi connectivity index (χ1n) is 8.11. The minimum Gasteiger partial charge on any atom is -0.351 e. The zero-order valence-corrected chi connectivity index (χ0v) is 15.8. The molecule has 7 heteroatoms. The quantitative estimate of drug-likeness (QED) is 0.772. The molecule has 27 heavy (non-hydrogen) atoms. The summed E-state index contributed by atoms with van der Waals surface area (Å²) >= 11 is 0. The number of nitriles is 1. The number of hydrogen-bond acceptors (Lipinski definition) is 4. The van der Waals surface area contributed by atoms with E-state index in [-0.39, 0.29) is 23.2 Å². The van der Waals surface area contributed by atoms with Gasteiger partial charge in [-0.1, -0.05) is 24.3 Å². The third-order valence-electron chi connectivity index (χ3n) is 4.14. The van der Waals surface area contributed by atoms with Crippen LogP contribution in [-0.2, 0) is 26.6 Å². The molecule has 0 heterocycles. The fourth-order valence-corrected chi connectivity index (χ4v) is 3.35. The molecule has 0 saturated carbocycles. The first-order chi connectivity index (χ1) is 12.7. The molecule has 2 aromatic rings. The molecule has 140 valence electrons. The molecule has 0 aliphatic carbocycles. The lowest BCUT2D eigenvalue weighted by molar-refractivity contribution is -0.125. The number of amides is 1. The number of halogens is 1. The highest BCUT2D eigenvalue weighted by Gasteiger charge is 2.30. The predicted octanol–water partition coefficient (Wildman–Crippen LogP) is 3.23. The summed E-state index contributed by atoms with van der Waals surface area (Å²) in [6.45, 7) is 3.60. The Morgan fingerprint density at radius 3 is 2.52 bits per heavy atom. The fraction of sp³-hybridized carbons (Fsp3) is 0.200. The van der Waals surface area contributed by atoms with Crippen LogP contribution in [0.4, 0.5) is 4.39 Å². The Kier molecular flexibility index (Phi) is 6.13. The van der Waals surface area contributed by atoms with Crippen molar-refractivity contribution < 1.29 is 17.6 Å². The number of nitrogens with zero attached hydrogens (tertiary/aromatic N) is 1. The molecule has 1 N–H and O–H groups in total. The molecule has 0 aromatic heterocycles. The van der Waals surface area contributed by atoms with E-state index in [1.54, 1.807) is 44.2 Å². The monoisotopic (exact) mass is 386 g/mol. The summed E-state index contributed by atoms with van der Waals surface area (Å²) in [5.41, 5.74) is 0.272. The number of hydrogen-bond donors (Lipinski definition) is 1. The molecular weight excluding hydrogens is 367 g/mol. The molecule has 0 bridgehead atoms. The lowest BCUT2D eigenvalue weighted by Crippen LogP contribution is -2.39. The summed E-state index contributed by atoms with van der Waals surface area (Å²) in [5, 5.41) is 12.1. The highest BCUT2D eigenvalue weighted by Crippen LogP contribution is 2.26. The summed E-state index contributed by atoms with van der Waals surface area (Å²) in [4.78, 5) is 12.7. The Balaban J connectivity index is 2.21. The molecule has 0 saturated heterocycles. The lowest BCUT2D eigenvalue weighted by atomic mass is 9.83. The Hall–Kier alpha value is -2.98. The van der Waals surface area contributed by atoms with Crippen LogP contribution in [0.25, 0.3) is 0 Å². The van der Waals surface area contributed by atoms with E-state index in [1.807, 2.05) is 0 Å². The highest BCUT2D eigenvalue weighted by molar-refractivity contribution is 7.94. The number of carbonyl (C=O) groups excluding carboxylic acids is 1. The van der Waals surface area contributed by atoms with E-state index in [0.717, 1.165) is 17.0 Å².